The fraction of sp³-hybridized carbons (Fsp3) is 0.300. The van der Waals surface area contributed by atoms with Gasteiger partial charge in [-0.05, 0) is 18.1 Å². The molecule has 1 atom stereocenters. The summed E-state index contributed by atoms with van der Waals surface area (Å²) in [7, 11) is 0. The van der Waals surface area contributed by atoms with E-state index in [9.17, 15) is 9.59 Å². The lowest BCUT2D eigenvalue weighted by molar-refractivity contribution is -0.142. The van der Waals surface area contributed by atoms with Crippen molar-refractivity contribution in [3.05, 3.63) is 54.6 Å². The molecular weight excluding hydrogens is 318 g/mol. The van der Waals surface area contributed by atoms with Crippen molar-refractivity contribution < 1.29 is 19.4 Å². The first-order valence-electron chi connectivity index (χ1n) is 8.38. The summed E-state index contributed by atoms with van der Waals surface area (Å²) in [6, 6.07) is 17.3. The van der Waals surface area contributed by atoms with Crippen LogP contribution in [0, 0.1) is 5.92 Å². The minimum Gasteiger partial charge on any atom is -0.483 e. The zero-order chi connectivity index (χ0) is 18.1. The number of rotatable bonds is 9. The van der Waals surface area contributed by atoms with Gasteiger partial charge in [0.2, 0.25) is 0 Å². The topological polar surface area (TPSA) is 75.6 Å². The zero-order valence-corrected chi connectivity index (χ0v) is 14.3. The molecule has 0 aromatic heterocycles. The molecule has 1 amide bonds. The number of amides is 1. The first-order valence-corrected chi connectivity index (χ1v) is 8.38. The van der Waals surface area contributed by atoms with Crippen LogP contribution in [0.5, 0.6) is 5.75 Å². The molecule has 2 N–H and O–H groups in total. The molecule has 0 aliphatic heterocycles. The predicted molar refractivity (Wildman–Crippen MR) is 96.4 cm³/mol. The van der Waals surface area contributed by atoms with Crippen molar-refractivity contribution in [3.63, 3.8) is 0 Å². The van der Waals surface area contributed by atoms with Crippen molar-refractivity contribution in [3.8, 4) is 16.9 Å². The molecule has 0 saturated carbocycles. The Hall–Kier alpha value is -2.82. The molecule has 0 radical (unpaired) electrons. The summed E-state index contributed by atoms with van der Waals surface area (Å²) in [6.45, 7) is 1.88. The quantitative estimate of drug-likeness (QED) is 0.733. The third-order valence-corrected chi connectivity index (χ3v) is 3.86. The van der Waals surface area contributed by atoms with E-state index in [0.29, 0.717) is 12.2 Å². The number of ether oxygens (including phenoxy) is 1. The largest absolute Gasteiger partial charge is 0.483 e. The highest BCUT2D eigenvalue weighted by molar-refractivity contribution is 5.79. The Morgan fingerprint density at radius 2 is 1.76 bits per heavy atom. The minimum absolute atomic E-state index is 0.117. The van der Waals surface area contributed by atoms with E-state index in [1.54, 1.807) is 0 Å². The van der Waals surface area contributed by atoms with Gasteiger partial charge in [0.1, 0.15) is 5.75 Å². The van der Waals surface area contributed by atoms with E-state index in [-0.39, 0.29) is 19.1 Å². The number of carboxylic acids is 1. The van der Waals surface area contributed by atoms with Gasteiger partial charge in [-0.1, -0.05) is 61.9 Å². The Bertz CT molecular complexity index is 700. The summed E-state index contributed by atoms with van der Waals surface area (Å²) in [4.78, 5) is 23.1. The predicted octanol–water partition coefficient (Wildman–Crippen LogP) is 3.35. The molecule has 0 spiro atoms. The van der Waals surface area contributed by atoms with E-state index in [4.69, 9.17) is 9.84 Å². The molecule has 2 aromatic rings. The van der Waals surface area contributed by atoms with E-state index in [1.807, 2.05) is 61.5 Å². The first kappa shape index (κ1) is 18.5. The number of carbonyl (C=O) groups is 2. The van der Waals surface area contributed by atoms with Crippen molar-refractivity contribution in [2.75, 3.05) is 13.2 Å². The standard InChI is InChI=1S/C20H23NO4/c1-2-8-16(20(23)24)13-21-19(22)14-25-18-12-7-6-11-17(18)15-9-4-3-5-10-15/h3-7,9-12,16H,2,8,13-14H2,1H3,(H,21,22)(H,23,24). The molecule has 0 aliphatic carbocycles. The second-order valence-electron chi connectivity index (χ2n) is 5.78. The number of para-hydroxylation sites is 1. The SMILES string of the molecule is CCCC(CNC(=O)COc1ccccc1-c1ccccc1)C(=O)O. The number of carbonyl (C=O) groups excluding carboxylic acids is 1. The number of carboxylic acid groups (broad SMARTS) is 1. The van der Waals surface area contributed by atoms with E-state index in [1.165, 1.54) is 0 Å². The smallest absolute Gasteiger partial charge is 0.308 e. The number of benzene rings is 2. The molecule has 132 valence electrons. The Morgan fingerprint density at radius 1 is 1.08 bits per heavy atom. The van der Waals surface area contributed by atoms with Crippen LogP contribution in [0.15, 0.2) is 54.6 Å². The lowest BCUT2D eigenvalue weighted by Gasteiger charge is -2.14. The van der Waals surface area contributed by atoms with Crippen LogP contribution < -0.4 is 10.1 Å². The molecule has 0 fully saturated rings. The molecule has 1 unspecified atom stereocenters. The number of aliphatic carboxylic acids is 1. The van der Waals surface area contributed by atoms with Crippen LogP contribution in [0.2, 0.25) is 0 Å². The van der Waals surface area contributed by atoms with Crippen LogP contribution in [0.1, 0.15) is 19.8 Å². The zero-order valence-electron chi connectivity index (χ0n) is 14.3. The minimum atomic E-state index is -0.891. The summed E-state index contributed by atoms with van der Waals surface area (Å²) >= 11 is 0. The molecular formula is C20H23NO4. The number of hydrogen-bond acceptors (Lipinski definition) is 3. The Labute approximate surface area is 147 Å². The van der Waals surface area contributed by atoms with Crippen LogP contribution in [0.4, 0.5) is 0 Å². The van der Waals surface area contributed by atoms with Gasteiger partial charge in [-0.25, -0.2) is 0 Å². The lowest BCUT2D eigenvalue weighted by Crippen LogP contribution is -2.35. The first-order chi connectivity index (χ1) is 12.1. The summed E-state index contributed by atoms with van der Waals surface area (Å²) in [5, 5.41) is 11.7. The highest BCUT2D eigenvalue weighted by Crippen LogP contribution is 2.29. The van der Waals surface area contributed by atoms with Crippen molar-refractivity contribution in [1.29, 1.82) is 0 Å². The fourth-order valence-electron chi connectivity index (χ4n) is 2.54. The second-order valence-corrected chi connectivity index (χ2v) is 5.78. The van der Waals surface area contributed by atoms with Crippen molar-refractivity contribution in [2.45, 2.75) is 19.8 Å². The average molecular weight is 341 g/mol. The Kier molecular flexibility index (Phi) is 7.01. The maximum Gasteiger partial charge on any atom is 0.308 e. The van der Waals surface area contributed by atoms with Gasteiger partial charge in [-0.2, -0.15) is 0 Å². The molecule has 5 nitrogen and oxygen atoms in total. The molecule has 0 bridgehead atoms. The lowest BCUT2D eigenvalue weighted by atomic mass is 10.0. The number of nitrogens with one attached hydrogen (secondary N) is 1. The normalized spacial score (nSPS) is 11.6. The van der Waals surface area contributed by atoms with Crippen LogP contribution in [-0.2, 0) is 9.59 Å². The molecule has 0 heterocycles. The van der Waals surface area contributed by atoms with Gasteiger partial charge < -0.3 is 15.2 Å². The molecule has 25 heavy (non-hydrogen) atoms. The van der Waals surface area contributed by atoms with Crippen LogP contribution in [-0.4, -0.2) is 30.1 Å². The monoisotopic (exact) mass is 341 g/mol. The fourth-order valence-corrected chi connectivity index (χ4v) is 2.54. The maximum absolute atomic E-state index is 12.0. The summed E-state index contributed by atoms with van der Waals surface area (Å²) in [5.41, 5.74) is 1.91. The Morgan fingerprint density at radius 3 is 2.44 bits per heavy atom. The van der Waals surface area contributed by atoms with Gasteiger partial charge in [0.25, 0.3) is 5.91 Å². The van der Waals surface area contributed by atoms with Crippen LogP contribution in [0.25, 0.3) is 11.1 Å². The summed E-state index contributed by atoms with van der Waals surface area (Å²) in [6.07, 6.45) is 1.29. The van der Waals surface area contributed by atoms with E-state index >= 15 is 0 Å². The van der Waals surface area contributed by atoms with Gasteiger partial charge in [-0.15, -0.1) is 0 Å². The van der Waals surface area contributed by atoms with Gasteiger partial charge in [-0.3, -0.25) is 9.59 Å². The van der Waals surface area contributed by atoms with Crippen molar-refractivity contribution in [2.24, 2.45) is 5.92 Å². The Balaban J connectivity index is 1.93. The van der Waals surface area contributed by atoms with Gasteiger partial charge in [0.05, 0.1) is 5.92 Å². The number of hydrogen-bond donors (Lipinski definition) is 2. The van der Waals surface area contributed by atoms with Gasteiger partial charge >= 0.3 is 5.97 Å². The molecule has 2 rings (SSSR count). The third-order valence-electron chi connectivity index (χ3n) is 3.86. The van der Waals surface area contributed by atoms with Crippen molar-refractivity contribution >= 4 is 11.9 Å². The second kappa shape index (κ2) is 9.47. The van der Waals surface area contributed by atoms with Crippen molar-refractivity contribution in [1.82, 2.24) is 5.32 Å². The van der Waals surface area contributed by atoms with E-state index in [0.717, 1.165) is 17.5 Å². The van der Waals surface area contributed by atoms with E-state index < -0.39 is 11.9 Å². The van der Waals surface area contributed by atoms with Gasteiger partial charge in [0, 0.05) is 12.1 Å². The molecule has 5 heteroatoms. The van der Waals surface area contributed by atoms with Gasteiger partial charge in [0.15, 0.2) is 6.61 Å². The maximum atomic E-state index is 12.0. The molecule has 0 aliphatic rings. The van der Waals surface area contributed by atoms with Crippen LogP contribution in [0.3, 0.4) is 0 Å². The summed E-state index contributed by atoms with van der Waals surface area (Å²) in [5.74, 6) is -1.17. The highest BCUT2D eigenvalue weighted by atomic mass is 16.5. The summed E-state index contributed by atoms with van der Waals surface area (Å²) < 4.78 is 5.65. The third kappa shape index (κ3) is 5.64. The average Bonchev–Trinajstić information content (AvgIpc) is 2.64. The van der Waals surface area contributed by atoms with E-state index in [2.05, 4.69) is 5.32 Å². The highest BCUT2D eigenvalue weighted by Gasteiger charge is 2.17. The molecule has 2 aromatic carbocycles. The molecule has 0 saturated heterocycles. The van der Waals surface area contributed by atoms with Crippen LogP contribution >= 0.6 is 0 Å².